The summed E-state index contributed by atoms with van der Waals surface area (Å²) in [7, 11) is 0. The Labute approximate surface area is 178 Å². The van der Waals surface area contributed by atoms with Gasteiger partial charge < -0.3 is 11.5 Å². The lowest BCUT2D eigenvalue weighted by molar-refractivity contribution is 0.637. The highest BCUT2D eigenvalue weighted by Gasteiger charge is 2.12. The topological polar surface area (TPSA) is 124 Å². The molecule has 0 aliphatic heterocycles. The summed E-state index contributed by atoms with van der Waals surface area (Å²) in [5.74, 6) is -0.240. The molecule has 0 unspecified atom stereocenters. The first-order valence-corrected chi connectivity index (χ1v) is 9.55. The number of nitrogens with zero attached hydrogens (tertiary/aromatic N) is 4. The van der Waals surface area contributed by atoms with Gasteiger partial charge in [0.05, 0.1) is 11.1 Å². The molecule has 2 aromatic carbocycles. The summed E-state index contributed by atoms with van der Waals surface area (Å²) < 4.78 is 15.6. The molecule has 0 amide bonds. The Morgan fingerprint density at radius 1 is 1.10 bits per heavy atom. The van der Waals surface area contributed by atoms with Crippen LogP contribution in [0.25, 0.3) is 16.5 Å². The van der Waals surface area contributed by atoms with Gasteiger partial charge >= 0.3 is 0 Å². The number of benzene rings is 2. The maximum Gasteiger partial charge on any atom is 0.266 e. The number of halogens is 1. The smallest absolute Gasteiger partial charge is 0.266 e. The zero-order chi connectivity index (χ0) is 22.5. The van der Waals surface area contributed by atoms with Crippen LogP contribution in [0, 0.1) is 24.1 Å². The predicted molar refractivity (Wildman–Crippen MR) is 119 cm³/mol. The molecule has 0 aliphatic rings. The molecule has 2 aromatic heterocycles. The number of nitrogens with two attached hydrogens (primary N) is 2. The maximum atomic E-state index is 14.0. The molecule has 0 aliphatic carbocycles. The summed E-state index contributed by atoms with van der Waals surface area (Å²) in [6.45, 7) is 3.65. The molecule has 156 valence electrons. The lowest BCUT2D eigenvalue weighted by Crippen LogP contribution is -2.22. The first-order valence-electron chi connectivity index (χ1n) is 9.55. The van der Waals surface area contributed by atoms with Crippen molar-refractivity contribution < 1.29 is 4.39 Å². The molecule has 4 rings (SSSR count). The highest BCUT2D eigenvalue weighted by atomic mass is 19.1. The van der Waals surface area contributed by atoms with E-state index in [1.54, 1.807) is 23.6 Å². The second-order valence-electron chi connectivity index (χ2n) is 6.71. The summed E-state index contributed by atoms with van der Waals surface area (Å²) in [4.78, 5) is 20.0. The second-order valence-corrected chi connectivity index (χ2v) is 6.71. The van der Waals surface area contributed by atoms with E-state index in [0.717, 1.165) is 11.4 Å². The van der Waals surface area contributed by atoms with Gasteiger partial charge in [0.15, 0.2) is 0 Å². The van der Waals surface area contributed by atoms with Gasteiger partial charge in [0.2, 0.25) is 5.95 Å². The van der Waals surface area contributed by atoms with E-state index in [1.807, 2.05) is 49.4 Å². The molecule has 7 nitrogen and oxygen atoms in total. The van der Waals surface area contributed by atoms with Crippen molar-refractivity contribution in [2.45, 2.75) is 20.3 Å². The number of hydrogen-bond acceptors (Lipinski definition) is 6. The predicted octanol–water partition coefficient (Wildman–Crippen LogP) is 3.51. The van der Waals surface area contributed by atoms with Gasteiger partial charge in [-0.25, -0.2) is 9.37 Å². The van der Waals surface area contributed by atoms with Crippen molar-refractivity contribution >= 4 is 22.5 Å². The number of nitriles is 1. The second kappa shape index (κ2) is 9.05. The number of pyridine rings is 1. The number of fused-ring (bicyclic) bond motifs is 1. The molecule has 0 radical (unpaired) electrons. The quantitative estimate of drug-likeness (QED) is 0.515. The standard InChI is InChI=1S/C17H14FNO.C6H7N5/c1-2-13-11-12-7-6-10-15(18)16(12)17(20)19(13)14-8-4-3-5-9-14;1-3-4(2-7)5(8)11-6(9)10-3/h3-11H,2H2,1H3;1H3,(H4,8,9,10,11). The molecule has 4 N–H and O–H groups in total. The Balaban J connectivity index is 0.000000210. The minimum Gasteiger partial charge on any atom is -0.382 e. The van der Waals surface area contributed by atoms with Crippen molar-refractivity contribution in [3.63, 3.8) is 0 Å². The molecule has 0 bridgehead atoms. The molecule has 8 heteroatoms. The normalized spacial score (nSPS) is 10.3. The van der Waals surface area contributed by atoms with Gasteiger partial charge in [-0.1, -0.05) is 37.3 Å². The molecule has 2 heterocycles. The fraction of sp³-hybridized carbons (Fsp3) is 0.130. The highest BCUT2D eigenvalue weighted by Crippen LogP contribution is 2.18. The van der Waals surface area contributed by atoms with Gasteiger partial charge in [-0.15, -0.1) is 0 Å². The lowest BCUT2D eigenvalue weighted by Gasteiger charge is -2.13. The van der Waals surface area contributed by atoms with Gasteiger partial charge in [-0.3, -0.25) is 9.36 Å². The van der Waals surface area contributed by atoms with Crippen molar-refractivity contribution in [2.24, 2.45) is 0 Å². The fourth-order valence-corrected chi connectivity index (χ4v) is 3.25. The molecule has 0 saturated heterocycles. The van der Waals surface area contributed by atoms with E-state index in [-0.39, 0.29) is 22.7 Å². The third-order valence-electron chi connectivity index (χ3n) is 4.70. The Kier molecular flexibility index (Phi) is 6.26. The number of rotatable bonds is 2. The number of anilines is 2. The summed E-state index contributed by atoms with van der Waals surface area (Å²) in [6, 6.07) is 17.8. The van der Waals surface area contributed by atoms with Gasteiger partial charge in [-0.05, 0) is 43.0 Å². The van der Waals surface area contributed by atoms with E-state index < -0.39 is 5.82 Å². The van der Waals surface area contributed by atoms with Crippen LogP contribution in [0.4, 0.5) is 16.2 Å². The molecule has 0 fully saturated rings. The number of nitrogen functional groups attached to an aromatic ring is 2. The van der Waals surface area contributed by atoms with Gasteiger partial charge in [-0.2, -0.15) is 10.2 Å². The lowest BCUT2D eigenvalue weighted by atomic mass is 10.1. The Morgan fingerprint density at radius 2 is 1.81 bits per heavy atom. The molecule has 0 saturated carbocycles. The highest BCUT2D eigenvalue weighted by molar-refractivity contribution is 5.83. The van der Waals surface area contributed by atoms with Crippen LogP contribution in [0.3, 0.4) is 0 Å². The molecule has 0 spiro atoms. The van der Waals surface area contributed by atoms with Crippen molar-refractivity contribution in [2.75, 3.05) is 11.5 Å². The summed E-state index contributed by atoms with van der Waals surface area (Å²) >= 11 is 0. The Bertz CT molecular complexity index is 1320. The van der Waals surface area contributed by atoms with Crippen LogP contribution < -0.4 is 17.0 Å². The summed E-state index contributed by atoms with van der Waals surface area (Å²) in [5.41, 5.74) is 12.8. The minimum absolute atomic E-state index is 0.0963. The zero-order valence-electron chi connectivity index (χ0n) is 17.1. The number of hydrogen-bond donors (Lipinski definition) is 2. The van der Waals surface area contributed by atoms with Crippen LogP contribution in [0.2, 0.25) is 0 Å². The van der Waals surface area contributed by atoms with Gasteiger partial charge in [0, 0.05) is 11.4 Å². The zero-order valence-corrected chi connectivity index (χ0v) is 17.1. The Hall–Kier alpha value is -4.25. The minimum atomic E-state index is -0.472. The molecule has 4 aromatic rings. The number of aromatic nitrogens is 3. The maximum absolute atomic E-state index is 14.0. The van der Waals surface area contributed by atoms with E-state index in [2.05, 4.69) is 9.97 Å². The average molecular weight is 416 g/mol. The monoisotopic (exact) mass is 416 g/mol. The first kappa shape index (κ1) is 21.5. The molecular formula is C23H21FN6O. The van der Waals surface area contributed by atoms with Crippen LogP contribution in [0.5, 0.6) is 0 Å². The fourth-order valence-electron chi connectivity index (χ4n) is 3.25. The van der Waals surface area contributed by atoms with Gasteiger partial charge in [0.1, 0.15) is 23.3 Å². The van der Waals surface area contributed by atoms with Crippen molar-refractivity contribution in [3.05, 3.63) is 87.7 Å². The van der Waals surface area contributed by atoms with Crippen molar-refractivity contribution in [1.82, 2.24) is 14.5 Å². The Morgan fingerprint density at radius 3 is 2.42 bits per heavy atom. The van der Waals surface area contributed by atoms with Gasteiger partial charge in [0.25, 0.3) is 5.56 Å². The van der Waals surface area contributed by atoms with E-state index in [9.17, 15) is 9.18 Å². The summed E-state index contributed by atoms with van der Waals surface area (Å²) in [6.07, 6.45) is 0.705. The van der Waals surface area contributed by atoms with Crippen LogP contribution in [0.15, 0.2) is 59.4 Å². The van der Waals surface area contributed by atoms with E-state index in [4.69, 9.17) is 16.7 Å². The van der Waals surface area contributed by atoms with Crippen molar-refractivity contribution in [3.8, 4) is 11.8 Å². The van der Waals surface area contributed by atoms with E-state index in [1.165, 1.54) is 6.07 Å². The average Bonchev–Trinajstić information content (AvgIpc) is 2.74. The third-order valence-corrected chi connectivity index (χ3v) is 4.70. The van der Waals surface area contributed by atoms with Crippen molar-refractivity contribution in [1.29, 1.82) is 5.26 Å². The number of para-hydroxylation sites is 1. The first-order chi connectivity index (χ1) is 14.9. The van der Waals surface area contributed by atoms with Crippen LogP contribution >= 0.6 is 0 Å². The van der Waals surface area contributed by atoms with E-state index >= 15 is 0 Å². The number of aryl methyl sites for hydroxylation is 2. The van der Waals surface area contributed by atoms with E-state index in [0.29, 0.717) is 23.1 Å². The SMILES string of the molecule is CCc1cc2cccc(F)c2c(=O)n1-c1ccccc1.Cc1nc(N)nc(N)c1C#N. The molecule has 31 heavy (non-hydrogen) atoms. The largest absolute Gasteiger partial charge is 0.382 e. The molecule has 0 atom stereocenters. The van der Waals surface area contributed by atoms with Crippen LogP contribution in [-0.4, -0.2) is 14.5 Å². The van der Waals surface area contributed by atoms with Crippen LogP contribution in [0.1, 0.15) is 23.9 Å². The molecular weight excluding hydrogens is 395 g/mol. The van der Waals surface area contributed by atoms with Crippen LogP contribution in [-0.2, 0) is 6.42 Å². The summed E-state index contributed by atoms with van der Waals surface area (Å²) in [5, 5.41) is 9.34. The third kappa shape index (κ3) is 4.36.